The number of pyridine rings is 1. The van der Waals surface area contributed by atoms with E-state index in [9.17, 15) is 4.79 Å². The average molecular weight is 445 g/mol. The number of anilines is 2. The highest BCUT2D eigenvalue weighted by molar-refractivity contribution is 5.87. The molecule has 1 fully saturated rings. The Labute approximate surface area is 190 Å². The fourth-order valence-electron chi connectivity index (χ4n) is 4.25. The summed E-state index contributed by atoms with van der Waals surface area (Å²) >= 11 is 0. The molecule has 0 aliphatic carbocycles. The number of aromatic nitrogens is 7. The van der Waals surface area contributed by atoms with Gasteiger partial charge in [-0.25, -0.2) is 29.9 Å². The van der Waals surface area contributed by atoms with Crippen molar-refractivity contribution < 1.29 is 4.79 Å². The normalized spacial score (nSPS) is 18.1. The number of primary amides is 1. The minimum atomic E-state index is -0.455. The van der Waals surface area contributed by atoms with E-state index < -0.39 is 6.04 Å². The third-order valence-corrected chi connectivity index (χ3v) is 5.80. The van der Waals surface area contributed by atoms with E-state index in [0.29, 0.717) is 36.7 Å². The molecule has 0 aromatic carbocycles. The van der Waals surface area contributed by atoms with Gasteiger partial charge in [0, 0.05) is 37.7 Å². The van der Waals surface area contributed by atoms with Crippen LogP contribution in [0.3, 0.4) is 0 Å². The SMILES string of the molecule is CCn1c(-c2cnc(C)nc2)nc2c(NC3C[C@H](C(N)=O)N(c4ccccn4)C3)ncnc21. The number of imidazole rings is 1. The fraction of sp³-hybridized carbons (Fsp3) is 0.318. The first-order valence-corrected chi connectivity index (χ1v) is 10.8. The van der Waals surface area contributed by atoms with Crippen LogP contribution >= 0.6 is 0 Å². The lowest BCUT2D eigenvalue weighted by Crippen LogP contribution is -2.40. The Hall–Kier alpha value is -4.15. The smallest absolute Gasteiger partial charge is 0.240 e. The van der Waals surface area contributed by atoms with E-state index in [4.69, 9.17) is 10.7 Å². The molecule has 168 valence electrons. The molecular weight excluding hydrogens is 420 g/mol. The van der Waals surface area contributed by atoms with E-state index in [2.05, 4.69) is 30.2 Å². The van der Waals surface area contributed by atoms with E-state index in [-0.39, 0.29) is 11.9 Å². The van der Waals surface area contributed by atoms with Gasteiger partial charge < -0.3 is 20.5 Å². The van der Waals surface area contributed by atoms with E-state index in [1.54, 1.807) is 18.6 Å². The molecule has 1 aliphatic rings. The van der Waals surface area contributed by atoms with Crippen molar-refractivity contribution in [2.24, 2.45) is 5.73 Å². The van der Waals surface area contributed by atoms with Crippen molar-refractivity contribution in [2.75, 3.05) is 16.8 Å². The number of amides is 1. The van der Waals surface area contributed by atoms with Crippen LogP contribution in [0.4, 0.5) is 11.6 Å². The molecule has 1 aliphatic heterocycles. The van der Waals surface area contributed by atoms with Crippen molar-refractivity contribution in [1.29, 1.82) is 0 Å². The summed E-state index contributed by atoms with van der Waals surface area (Å²) in [5.74, 6) is 2.37. The molecule has 5 rings (SSSR count). The van der Waals surface area contributed by atoms with Crippen molar-refractivity contribution in [3.05, 3.63) is 48.9 Å². The van der Waals surface area contributed by atoms with Gasteiger partial charge >= 0.3 is 0 Å². The zero-order valence-corrected chi connectivity index (χ0v) is 18.4. The Bertz CT molecular complexity index is 1290. The molecule has 11 nitrogen and oxygen atoms in total. The first-order valence-electron chi connectivity index (χ1n) is 10.8. The van der Waals surface area contributed by atoms with Crippen LogP contribution in [-0.2, 0) is 11.3 Å². The summed E-state index contributed by atoms with van der Waals surface area (Å²) in [6.07, 6.45) is 7.27. The number of carbonyl (C=O) groups is 1. The Morgan fingerprint density at radius 1 is 1.18 bits per heavy atom. The summed E-state index contributed by atoms with van der Waals surface area (Å²) in [7, 11) is 0. The Kier molecular flexibility index (Phi) is 5.29. The van der Waals surface area contributed by atoms with Crippen molar-refractivity contribution in [2.45, 2.75) is 38.9 Å². The van der Waals surface area contributed by atoms with E-state index in [0.717, 1.165) is 22.9 Å². The molecule has 3 N–H and O–H groups in total. The lowest BCUT2D eigenvalue weighted by molar-refractivity contribution is -0.119. The third-order valence-electron chi connectivity index (χ3n) is 5.80. The number of nitrogens with one attached hydrogen (secondary N) is 1. The second-order valence-electron chi connectivity index (χ2n) is 7.93. The van der Waals surface area contributed by atoms with E-state index in [1.165, 1.54) is 6.33 Å². The van der Waals surface area contributed by atoms with Gasteiger partial charge in [0.15, 0.2) is 17.0 Å². The molecule has 0 bridgehead atoms. The maximum Gasteiger partial charge on any atom is 0.240 e. The summed E-state index contributed by atoms with van der Waals surface area (Å²) in [5.41, 5.74) is 7.88. The molecule has 1 unspecified atom stereocenters. The number of nitrogens with zero attached hydrogens (tertiary/aromatic N) is 8. The third kappa shape index (κ3) is 3.81. The van der Waals surface area contributed by atoms with Crippen molar-refractivity contribution in [3.63, 3.8) is 0 Å². The molecule has 1 amide bonds. The molecule has 0 saturated carbocycles. The maximum atomic E-state index is 12.1. The van der Waals surface area contributed by atoms with Crippen LogP contribution in [0.25, 0.3) is 22.6 Å². The number of fused-ring (bicyclic) bond motifs is 1. The maximum absolute atomic E-state index is 12.1. The summed E-state index contributed by atoms with van der Waals surface area (Å²) in [4.78, 5) is 40.8. The lowest BCUT2D eigenvalue weighted by atomic mass is 10.1. The minimum absolute atomic E-state index is 0.0689. The Morgan fingerprint density at radius 3 is 2.70 bits per heavy atom. The predicted molar refractivity (Wildman–Crippen MR) is 123 cm³/mol. The van der Waals surface area contributed by atoms with Gasteiger partial charge in [0.1, 0.15) is 29.8 Å². The molecule has 0 radical (unpaired) electrons. The molecule has 4 aromatic rings. The second kappa shape index (κ2) is 8.41. The van der Waals surface area contributed by atoms with Crippen molar-refractivity contribution >= 4 is 28.7 Å². The first-order chi connectivity index (χ1) is 16.0. The van der Waals surface area contributed by atoms with Gasteiger partial charge in [-0.3, -0.25) is 4.79 Å². The molecule has 4 aromatic heterocycles. The molecule has 11 heteroatoms. The van der Waals surface area contributed by atoms with Crippen molar-refractivity contribution in [1.82, 2.24) is 34.5 Å². The monoisotopic (exact) mass is 444 g/mol. The van der Waals surface area contributed by atoms with E-state index in [1.807, 2.05) is 41.5 Å². The highest BCUT2D eigenvalue weighted by Gasteiger charge is 2.37. The highest BCUT2D eigenvalue weighted by atomic mass is 16.1. The van der Waals surface area contributed by atoms with Crippen molar-refractivity contribution in [3.8, 4) is 11.4 Å². The molecule has 5 heterocycles. The quantitative estimate of drug-likeness (QED) is 0.453. The summed E-state index contributed by atoms with van der Waals surface area (Å²) in [6, 6.07) is 5.08. The summed E-state index contributed by atoms with van der Waals surface area (Å²) < 4.78 is 2.01. The van der Waals surface area contributed by atoms with Gasteiger partial charge in [-0.1, -0.05) is 6.07 Å². The van der Waals surface area contributed by atoms with Gasteiger partial charge in [0.05, 0.1) is 5.56 Å². The molecule has 2 atom stereocenters. The number of nitrogens with two attached hydrogens (primary N) is 1. The van der Waals surface area contributed by atoms with Crippen LogP contribution in [0.15, 0.2) is 43.1 Å². The Balaban J connectivity index is 1.48. The zero-order valence-electron chi connectivity index (χ0n) is 18.4. The topological polar surface area (TPSA) is 141 Å². The number of hydrogen-bond acceptors (Lipinski definition) is 9. The first kappa shape index (κ1) is 20.7. The standard InChI is InChI=1S/C22H24N10O/c1-3-31-21(14-9-25-13(2)26-10-14)30-18-20(27-12-28-22(18)31)29-15-8-16(19(23)33)32(11-15)17-6-4-5-7-24-17/h4-7,9-10,12,15-16H,3,8,11H2,1-2H3,(H2,23,33)(H,27,28,29)/t15?,16-/m1/s1. The van der Waals surface area contributed by atoms with Crippen LogP contribution in [0.1, 0.15) is 19.2 Å². The molecular formula is C22H24N10O. The van der Waals surface area contributed by atoms with Crippen LogP contribution < -0.4 is 16.0 Å². The largest absolute Gasteiger partial charge is 0.368 e. The van der Waals surface area contributed by atoms with Crippen LogP contribution in [0.2, 0.25) is 0 Å². The molecule has 0 spiro atoms. The van der Waals surface area contributed by atoms with Crippen LogP contribution in [0, 0.1) is 6.92 Å². The van der Waals surface area contributed by atoms with Gasteiger partial charge in [0.25, 0.3) is 0 Å². The van der Waals surface area contributed by atoms with E-state index >= 15 is 0 Å². The zero-order chi connectivity index (χ0) is 22.9. The number of rotatable bonds is 6. The highest BCUT2D eigenvalue weighted by Crippen LogP contribution is 2.29. The predicted octanol–water partition coefficient (Wildman–Crippen LogP) is 1.55. The van der Waals surface area contributed by atoms with Crippen LogP contribution in [0.5, 0.6) is 0 Å². The van der Waals surface area contributed by atoms with Gasteiger partial charge in [-0.15, -0.1) is 0 Å². The summed E-state index contributed by atoms with van der Waals surface area (Å²) in [5, 5.41) is 3.46. The molecule has 33 heavy (non-hydrogen) atoms. The lowest BCUT2D eigenvalue weighted by Gasteiger charge is -2.22. The molecule has 1 saturated heterocycles. The number of carbonyl (C=O) groups excluding carboxylic acids is 1. The van der Waals surface area contributed by atoms with Crippen LogP contribution in [-0.4, -0.2) is 59.0 Å². The van der Waals surface area contributed by atoms with Gasteiger partial charge in [-0.05, 0) is 32.4 Å². The van der Waals surface area contributed by atoms with Gasteiger partial charge in [-0.2, -0.15) is 0 Å². The minimum Gasteiger partial charge on any atom is -0.368 e. The second-order valence-corrected chi connectivity index (χ2v) is 7.93. The Morgan fingerprint density at radius 2 is 2.00 bits per heavy atom. The number of hydrogen-bond donors (Lipinski definition) is 2. The average Bonchev–Trinajstić information content (AvgIpc) is 3.42. The number of aryl methyl sites for hydroxylation is 2. The van der Waals surface area contributed by atoms with Gasteiger partial charge in [0.2, 0.25) is 5.91 Å². The summed E-state index contributed by atoms with van der Waals surface area (Å²) in [6.45, 7) is 5.11. The fourth-order valence-corrected chi connectivity index (χ4v) is 4.25.